The molecule has 0 amide bonds. The molecule has 0 saturated carbocycles. The second-order valence-corrected chi connectivity index (χ2v) is 6.95. The Labute approximate surface area is 126 Å². The minimum atomic E-state index is -3.64. The Morgan fingerprint density at radius 2 is 1.77 bits per heavy atom. The van der Waals surface area contributed by atoms with Gasteiger partial charge in [0, 0.05) is 26.0 Å². The zero-order valence-electron chi connectivity index (χ0n) is 11.8. The van der Waals surface area contributed by atoms with E-state index in [0.29, 0.717) is 11.0 Å². The van der Waals surface area contributed by atoms with Gasteiger partial charge < -0.3 is 9.97 Å². The summed E-state index contributed by atoms with van der Waals surface area (Å²) in [6.45, 7) is 0.243. The standard InChI is InChI=1S/C14H14N4O3S/c1-18(9-10-4-6-15-7-5-10)22(20,21)11-2-3-12-13(8-11)17-14(19)16-12/h2-8H,9H2,1H3,(H2,16,17,19). The van der Waals surface area contributed by atoms with Crippen molar-refractivity contribution in [2.24, 2.45) is 0 Å². The van der Waals surface area contributed by atoms with E-state index in [-0.39, 0.29) is 17.1 Å². The molecule has 0 radical (unpaired) electrons. The highest BCUT2D eigenvalue weighted by Crippen LogP contribution is 2.19. The van der Waals surface area contributed by atoms with E-state index in [1.54, 1.807) is 30.6 Å². The summed E-state index contributed by atoms with van der Waals surface area (Å²) in [6.07, 6.45) is 3.23. The summed E-state index contributed by atoms with van der Waals surface area (Å²) in [6, 6.07) is 8.02. The molecule has 0 unspecified atom stereocenters. The molecule has 2 aromatic heterocycles. The van der Waals surface area contributed by atoms with Gasteiger partial charge in [-0.05, 0) is 35.9 Å². The van der Waals surface area contributed by atoms with Crippen molar-refractivity contribution < 1.29 is 8.42 Å². The zero-order chi connectivity index (χ0) is 15.7. The molecule has 3 rings (SSSR count). The van der Waals surface area contributed by atoms with E-state index in [1.807, 2.05) is 0 Å². The molecule has 0 spiro atoms. The lowest BCUT2D eigenvalue weighted by Crippen LogP contribution is -2.26. The average Bonchev–Trinajstić information content (AvgIpc) is 2.87. The van der Waals surface area contributed by atoms with Crippen molar-refractivity contribution in [1.82, 2.24) is 19.3 Å². The Kier molecular flexibility index (Phi) is 3.55. The maximum absolute atomic E-state index is 12.6. The number of hydrogen-bond acceptors (Lipinski definition) is 4. The fourth-order valence-corrected chi connectivity index (χ4v) is 3.37. The number of benzene rings is 1. The number of pyridine rings is 1. The summed E-state index contributed by atoms with van der Waals surface area (Å²) in [5.74, 6) is 0. The van der Waals surface area contributed by atoms with E-state index >= 15 is 0 Å². The van der Waals surface area contributed by atoms with Gasteiger partial charge in [0.2, 0.25) is 10.0 Å². The molecule has 2 heterocycles. The Morgan fingerprint density at radius 1 is 1.09 bits per heavy atom. The lowest BCUT2D eigenvalue weighted by molar-refractivity contribution is 0.466. The lowest BCUT2D eigenvalue weighted by atomic mass is 10.3. The molecule has 0 saturated heterocycles. The van der Waals surface area contributed by atoms with E-state index in [9.17, 15) is 13.2 Å². The van der Waals surface area contributed by atoms with Crippen molar-refractivity contribution in [3.8, 4) is 0 Å². The van der Waals surface area contributed by atoms with Crippen LogP contribution in [0.4, 0.5) is 0 Å². The Hall–Kier alpha value is -2.45. The number of nitrogens with one attached hydrogen (secondary N) is 2. The van der Waals surface area contributed by atoms with Crippen LogP contribution in [0, 0.1) is 0 Å². The van der Waals surface area contributed by atoms with E-state index in [2.05, 4.69) is 15.0 Å². The fourth-order valence-electron chi connectivity index (χ4n) is 2.18. The van der Waals surface area contributed by atoms with E-state index in [1.165, 1.54) is 23.5 Å². The van der Waals surface area contributed by atoms with Crippen molar-refractivity contribution in [3.05, 3.63) is 58.8 Å². The summed E-state index contributed by atoms with van der Waals surface area (Å²) >= 11 is 0. The summed E-state index contributed by atoms with van der Waals surface area (Å²) in [5, 5.41) is 0. The molecule has 114 valence electrons. The Morgan fingerprint density at radius 3 is 2.50 bits per heavy atom. The van der Waals surface area contributed by atoms with Crippen molar-refractivity contribution in [3.63, 3.8) is 0 Å². The van der Waals surface area contributed by atoms with Gasteiger partial charge in [-0.2, -0.15) is 4.31 Å². The first kappa shape index (κ1) is 14.5. The van der Waals surface area contributed by atoms with Crippen molar-refractivity contribution >= 4 is 21.1 Å². The van der Waals surface area contributed by atoms with Crippen LogP contribution in [0.5, 0.6) is 0 Å². The third-order valence-electron chi connectivity index (χ3n) is 3.35. The molecule has 0 bridgehead atoms. The SMILES string of the molecule is CN(Cc1ccncc1)S(=O)(=O)c1ccc2[nH]c(=O)[nH]c2c1. The van der Waals surface area contributed by atoms with Crippen LogP contribution in [0.15, 0.2) is 52.4 Å². The predicted molar refractivity (Wildman–Crippen MR) is 81.8 cm³/mol. The summed E-state index contributed by atoms with van der Waals surface area (Å²) in [7, 11) is -2.13. The van der Waals surface area contributed by atoms with Gasteiger partial charge in [-0.15, -0.1) is 0 Å². The number of nitrogens with zero attached hydrogens (tertiary/aromatic N) is 2. The molecule has 2 N–H and O–H groups in total. The van der Waals surface area contributed by atoms with Crippen molar-refractivity contribution in [2.45, 2.75) is 11.4 Å². The number of sulfonamides is 1. The van der Waals surface area contributed by atoms with E-state index in [0.717, 1.165) is 5.56 Å². The molecule has 0 aliphatic rings. The highest BCUT2D eigenvalue weighted by atomic mass is 32.2. The number of H-pyrrole nitrogens is 2. The summed E-state index contributed by atoms with van der Waals surface area (Å²) in [4.78, 5) is 20.4. The average molecular weight is 318 g/mol. The number of rotatable bonds is 4. The molecule has 22 heavy (non-hydrogen) atoms. The molecule has 1 aromatic carbocycles. The molecule has 0 aliphatic carbocycles. The number of fused-ring (bicyclic) bond motifs is 1. The van der Waals surface area contributed by atoms with Crippen LogP contribution in [0.3, 0.4) is 0 Å². The monoisotopic (exact) mass is 318 g/mol. The first-order chi connectivity index (χ1) is 10.5. The van der Waals surface area contributed by atoms with Gasteiger partial charge in [-0.25, -0.2) is 13.2 Å². The predicted octanol–water partition coefficient (Wildman–Crippen LogP) is 1.07. The second-order valence-electron chi connectivity index (χ2n) is 4.90. The highest BCUT2D eigenvalue weighted by Gasteiger charge is 2.21. The second kappa shape index (κ2) is 5.39. The first-order valence-electron chi connectivity index (χ1n) is 6.54. The van der Waals surface area contributed by atoms with Crippen LogP contribution in [-0.2, 0) is 16.6 Å². The first-order valence-corrected chi connectivity index (χ1v) is 7.98. The van der Waals surface area contributed by atoms with Gasteiger partial charge >= 0.3 is 5.69 Å². The van der Waals surface area contributed by atoms with Crippen LogP contribution in [0.2, 0.25) is 0 Å². The molecule has 0 fully saturated rings. The number of imidazole rings is 1. The van der Waals surface area contributed by atoms with Crippen LogP contribution in [-0.4, -0.2) is 34.7 Å². The van der Waals surface area contributed by atoms with Crippen LogP contribution < -0.4 is 5.69 Å². The third-order valence-corrected chi connectivity index (χ3v) is 5.15. The van der Waals surface area contributed by atoms with Crippen LogP contribution in [0.25, 0.3) is 11.0 Å². The van der Waals surface area contributed by atoms with Gasteiger partial charge in [-0.3, -0.25) is 4.98 Å². The van der Waals surface area contributed by atoms with Crippen molar-refractivity contribution in [2.75, 3.05) is 7.05 Å². The van der Waals surface area contributed by atoms with Gasteiger partial charge in [0.1, 0.15) is 0 Å². The minimum absolute atomic E-state index is 0.131. The summed E-state index contributed by atoms with van der Waals surface area (Å²) < 4.78 is 26.4. The normalized spacial score (nSPS) is 12.1. The smallest absolute Gasteiger partial charge is 0.306 e. The molecule has 0 aliphatic heterocycles. The molecule has 8 heteroatoms. The maximum Gasteiger partial charge on any atom is 0.323 e. The Bertz CT molecular complexity index is 960. The largest absolute Gasteiger partial charge is 0.323 e. The maximum atomic E-state index is 12.6. The summed E-state index contributed by atoms with van der Waals surface area (Å²) in [5.41, 5.74) is 1.51. The lowest BCUT2D eigenvalue weighted by Gasteiger charge is -2.17. The van der Waals surface area contributed by atoms with Gasteiger partial charge in [0.05, 0.1) is 15.9 Å². The molecule has 3 aromatic rings. The zero-order valence-corrected chi connectivity index (χ0v) is 12.6. The number of hydrogen-bond donors (Lipinski definition) is 2. The quantitative estimate of drug-likeness (QED) is 0.751. The topological polar surface area (TPSA) is 98.9 Å². The Balaban J connectivity index is 1.94. The number of aromatic nitrogens is 3. The van der Waals surface area contributed by atoms with E-state index in [4.69, 9.17) is 0 Å². The molecular formula is C14H14N4O3S. The highest BCUT2D eigenvalue weighted by molar-refractivity contribution is 7.89. The molecule has 7 nitrogen and oxygen atoms in total. The van der Waals surface area contributed by atoms with Crippen LogP contribution in [0.1, 0.15) is 5.56 Å². The fraction of sp³-hybridized carbons (Fsp3) is 0.143. The van der Waals surface area contributed by atoms with Gasteiger partial charge in [0.15, 0.2) is 0 Å². The van der Waals surface area contributed by atoms with E-state index < -0.39 is 10.0 Å². The molecular weight excluding hydrogens is 304 g/mol. The molecule has 0 atom stereocenters. The minimum Gasteiger partial charge on any atom is -0.306 e. The third kappa shape index (κ3) is 2.66. The van der Waals surface area contributed by atoms with Gasteiger partial charge in [0.25, 0.3) is 0 Å². The van der Waals surface area contributed by atoms with Gasteiger partial charge in [-0.1, -0.05) is 0 Å². The van der Waals surface area contributed by atoms with Crippen molar-refractivity contribution in [1.29, 1.82) is 0 Å². The van der Waals surface area contributed by atoms with Crippen LogP contribution >= 0.6 is 0 Å². The number of aromatic amines is 2.